The standard InChI is InChI=1S/C18H21F2N/c1-13(10-11-21)2-3-14-4-6-15(7-5-14)16-8-9-17(19)18(20)12-16/h4-9,12-13H,2-3,10-11,21H2,1H3. The normalized spacial score (nSPS) is 12.4. The van der Waals surface area contributed by atoms with E-state index in [2.05, 4.69) is 6.92 Å². The van der Waals surface area contributed by atoms with Gasteiger partial charge in [0.1, 0.15) is 0 Å². The molecule has 1 unspecified atom stereocenters. The molecule has 0 fully saturated rings. The second kappa shape index (κ2) is 7.32. The molecule has 0 bridgehead atoms. The Balaban J connectivity index is 2.03. The fraction of sp³-hybridized carbons (Fsp3) is 0.333. The Morgan fingerprint density at radius 2 is 1.57 bits per heavy atom. The van der Waals surface area contributed by atoms with E-state index < -0.39 is 11.6 Å². The Kier molecular flexibility index (Phi) is 5.45. The third-order valence-electron chi connectivity index (χ3n) is 3.79. The van der Waals surface area contributed by atoms with Crippen LogP contribution in [0.5, 0.6) is 0 Å². The van der Waals surface area contributed by atoms with Gasteiger partial charge in [-0.2, -0.15) is 0 Å². The Morgan fingerprint density at radius 1 is 0.905 bits per heavy atom. The minimum Gasteiger partial charge on any atom is -0.330 e. The SMILES string of the molecule is CC(CCN)CCc1ccc(-c2ccc(F)c(F)c2)cc1. The van der Waals surface area contributed by atoms with Gasteiger partial charge in [-0.15, -0.1) is 0 Å². The molecule has 1 atom stereocenters. The molecule has 0 aromatic heterocycles. The first-order chi connectivity index (χ1) is 10.1. The fourth-order valence-corrected chi connectivity index (χ4v) is 2.38. The van der Waals surface area contributed by atoms with Crippen molar-refractivity contribution in [1.82, 2.24) is 0 Å². The predicted octanol–water partition coefficient (Wildman–Crippen LogP) is 4.55. The molecule has 3 heteroatoms. The van der Waals surface area contributed by atoms with Crippen LogP contribution in [0.25, 0.3) is 11.1 Å². The summed E-state index contributed by atoms with van der Waals surface area (Å²) in [7, 11) is 0. The summed E-state index contributed by atoms with van der Waals surface area (Å²) in [6.45, 7) is 2.94. The van der Waals surface area contributed by atoms with Gasteiger partial charge in [-0.3, -0.25) is 0 Å². The number of halogens is 2. The molecule has 0 spiro atoms. The first kappa shape index (κ1) is 15.6. The quantitative estimate of drug-likeness (QED) is 0.829. The van der Waals surface area contributed by atoms with Crippen LogP contribution >= 0.6 is 0 Å². The molecule has 0 radical (unpaired) electrons. The highest BCUT2D eigenvalue weighted by Crippen LogP contribution is 2.22. The lowest BCUT2D eigenvalue weighted by Gasteiger charge is -2.10. The van der Waals surface area contributed by atoms with Crippen molar-refractivity contribution in [3.05, 3.63) is 59.7 Å². The third-order valence-corrected chi connectivity index (χ3v) is 3.79. The Bertz CT molecular complexity index is 578. The molecule has 21 heavy (non-hydrogen) atoms. The van der Waals surface area contributed by atoms with Crippen molar-refractivity contribution >= 4 is 0 Å². The lowest BCUT2D eigenvalue weighted by Crippen LogP contribution is -2.06. The number of benzene rings is 2. The van der Waals surface area contributed by atoms with Crippen molar-refractivity contribution < 1.29 is 8.78 Å². The van der Waals surface area contributed by atoms with Gasteiger partial charge in [0.15, 0.2) is 11.6 Å². The highest BCUT2D eigenvalue weighted by atomic mass is 19.2. The zero-order chi connectivity index (χ0) is 15.2. The number of rotatable bonds is 6. The highest BCUT2D eigenvalue weighted by molar-refractivity contribution is 5.63. The molecule has 1 nitrogen and oxygen atoms in total. The van der Waals surface area contributed by atoms with E-state index in [0.29, 0.717) is 11.5 Å². The summed E-state index contributed by atoms with van der Waals surface area (Å²) in [5.74, 6) is -1.00. The van der Waals surface area contributed by atoms with Gasteiger partial charge in [-0.1, -0.05) is 37.3 Å². The Morgan fingerprint density at radius 3 is 2.19 bits per heavy atom. The zero-order valence-corrected chi connectivity index (χ0v) is 12.3. The van der Waals surface area contributed by atoms with Crippen LogP contribution in [0.3, 0.4) is 0 Å². The zero-order valence-electron chi connectivity index (χ0n) is 12.3. The fourth-order valence-electron chi connectivity index (χ4n) is 2.38. The molecule has 2 aromatic carbocycles. The molecule has 2 N–H and O–H groups in total. The van der Waals surface area contributed by atoms with Crippen LogP contribution < -0.4 is 5.73 Å². The Hall–Kier alpha value is -1.74. The van der Waals surface area contributed by atoms with E-state index in [4.69, 9.17) is 5.73 Å². The van der Waals surface area contributed by atoms with Gasteiger partial charge in [-0.05, 0) is 60.5 Å². The topological polar surface area (TPSA) is 26.0 Å². The predicted molar refractivity (Wildman–Crippen MR) is 83.0 cm³/mol. The van der Waals surface area contributed by atoms with E-state index in [1.807, 2.05) is 24.3 Å². The monoisotopic (exact) mass is 289 g/mol. The number of hydrogen-bond donors (Lipinski definition) is 1. The second-order valence-corrected chi connectivity index (χ2v) is 5.55. The molecule has 0 aliphatic carbocycles. The lowest BCUT2D eigenvalue weighted by atomic mass is 9.97. The van der Waals surface area contributed by atoms with Crippen LogP contribution in [-0.4, -0.2) is 6.54 Å². The van der Waals surface area contributed by atoms with Gasteiger partial charge < -0.3 is 5.73 Å². The molecular weight excluding hydrogens is 268 g/mol. The van der Waals surface area contributed by atoms with Crippen LogP contribution in [0.4, 0.5) is 8.78 Å². The molecule has 2 aromatic rings. The van der Waals surface area contributed by atoms with Crippen molar-refractivity contribution in [1.29, 1.82) is 0 Å². The van der Waals surface area contributed by atoms with Crippen LogP contribution in [0.1, 0.15) is 25.3 Å². The van der Waals surface area contributed by atoms with E-state index >= 15 is 0 Å². The number of aryl methyl sites for hydroxylation is 1. The van der Waals surface area contributed by atoms with Crippen LogP contribution in [-0.2, 0) is 6.42 Å². The summed E-state index contributed by atoms with van der Waals surface area (Å²) in [6.07, 6.45) is 3.17. The van der Waals surface area contributed by atoms with E-state index in [1.165, 1.54) is 11.6 Å². The summed E-state index contributed by atoms with van der Waals surface area (Å²) in [6, 6.07) is 12.0. The maximum Gasteiger partial charge on any atom is 0.159 e. The molecule has 0 saturated heterocycles. The maximum atomic E-state index is 13.2. The van der Waals surface area contributed by atoms with Crippen LogP contribution in [0.2, 0.25) is 0 Å². The third kappa shape index (κ3) is 4.36. The summed E-state index contributed by atoms with van der Waals surface area (Å²) < 4.78 is 26.2. The minimum atomic E-state index is -0.815. The largest absolute Gasteiger partial charge is 0.330 e. The molecule has 0 aliphatic heterocycles. The van der Waals surface area contributed by atoms with Gasteiger partial charge in [0.25, 0.3) is 0 Å². The van der Waals surface area contributed by atoms with Gasteiger partial charge in [0.05, 0.1) is 0 Å². The maximum absolute atomic E-state index is 13.2. The van der Waals surface area contributed by atoms with Crippen molar-refractivity contribution in [3.8, 4) is 11.1 Å². The molecule has 2 rings (SSSR count). The molecule has 112 valence electrons. The van der Waals surface area contributed by atoms with E-state index in [1.54, 1.807) is 6.07 Å². The molecule has 0 amide bonds. The van der Waals surface area contributed by atoms with Crippen molar-refractivity contribution in [3.63, 3.8) is 0 Å². The van der Waals surface area contributed by atoms with Gasteiger partial charge in [0.2, 0.25) is 0 Å². The van der Waals surface area contributed by atoms with Gasteiger partial charge in [0, 0.05) is 0 Å². The van der Waals surface area contributed by atoms with Gasteiger partial charge >= 0.3 is 0 Å². The van der Waals surface area contributed by atoms with E-state index in [-0.39, 0.29) is 0 Å². The van der Waals surface area contributed by atoms with Crippen molar-refractivity contribution in [2.45, 2.75) is 26.2 Å². The van der Waals surface area contributed by atoms with E-state index in [9.17, 15) is 8.78 Å². The first-order valence-electron chi connectivity index (χ1n) is 7.34. The van der Waals surface area contributed by atoms with Gasteiger partial charge in [-0.25, -0.2) is 8.78 Å². The number of nitrogens with two attached hydrogens (primary N) is 1. The molecule has 0 heterocycles. The first-order valence-corrected chi connectivity index (χ1v) is 7.34. The average Bonchev–Trinajstić information content (AvgIpc) is 2.49. The summed E-state index contributed by atoms with van der Waals surface area (Å²) in [4.78, 5) is 0. The van der Waals surface area contributed by atoms with E-state index in [0.717, 1.165) is 37.4 Å². The van der Waals surface area contributed by atoms with Crippen molar-refractivity contribution in [2.24, 2.45) is 11.7 Å². The highest BCUT2D eigenvalue weighted by Gasteiger charge is 2.05. The number of hydrogen-bond acceptors (Lipinski definition) is 1. The minimum absolute atomic E-state index is 0.626. The average molecular weight is 289 g/mol. The lowest BCUT2D eigenvalue weighted by molar-refractivity contribution is 0.500. The molecule has 0 saturated carbocycles. The molecule has 0 aliphatic rings. The Labute approximate surface area is 124 Å². The molecular formula is C18H21F2N. The smallest absolute Gasteiger partial charge is 0.159 e. The van der Waals surface area contributed by atoms with Crippen LogP contribution in [0, 0.1) is 17.6 Å². The van der Waals surface area contributed by atoms with Crippen molar-refractivity contribution in [2.75, 3.05) is 6.54 Å². The van der Waals surface area contributed by atoms with Crippen LogP contribution in [0.15, 0.2) is 42.5 Å². The second-order valence-electron chi connectivity index (χ2n) is 5.55. The summed E-state index contributed by atoms with van der Waals surface area (Å²) in [5.41, 5.74) is 8.39. The summed E-state index contributed by atoms with van der Waals surface area (Å²) in [5, 5.41) is 0. The summed E-state index contributed by atoms with van der Waals surface area (Å²) >= 11 is 0.